The van der Waals surface area contributed by atoms with Crippen LogP contribution in [0.2, 0.25) is 15.1 Å². The van der Waals surface area contributed by atoms with Gasteiger partial charge in [0, 0.05) is 22.9 Å². The minimum Gasteiger partial charge on any atom is -0.457 e. The lowest BCUT2D eigenvalue weighted by molar-refractivity contribution is -0.115. The molecule has 0 aliphatic heterocycles. The predicted molar refractivity (Wildman–Crippen MR) is 154 cm³/mol. The molecule has 0 spiro atoms. The fourth-order valence-electron chi connectivity index (χ4n) is 3.62. The number of aromatic nitrogens is 2. The molecule has 0 bridgehead atoms. The maximum Gasteiger partial charge on any atom is 0.250 e. The summed E-state index contributed by atoms with van der Waals surface area (Å²) < 4.78 is 5.77. The van der Waals surface area contributed by atoms with Crippen molar-refractivity contribution in [2.24, 2.45) is 0 Å². The summed E-state index contributed by atoms with van der Waals surface area (Å²) >= 11 is 24.0. The highest BCUT2D eigenvalue weighted by molar-refractivity contribution is 7.80. The molecule has 6 nitrogen and oxygen atoms in total. The highest BCUT2D eigenvalue weighted by atomic mass is 35.5. The molecule has 37 heavy (non-hydrogen) atoms. The zero-order chi connectivity index (χ0) is 25.9. The Kier molecular flexibility index (Phi) is 7.30. The summed E-state index contributed by atoms with van der Waals surface area (Å²) in [6, 6.07) is 21.8. The van der Waals surface area contributed by atoms with Gasteiger partial charge in [0.2, 0.25) is 5.91 Å². The van der Waals surface area contributed by atoms with E-state index in [9.17, 15) is 4.79 Å². The molecule has 10 heteroatoms. The van der Waals surface area contributed by atoms with Gasteiger partial charge in [0.1, 0.15) is 17.3 Å². The second-order valence-electron chi connectivity index (χ2n) is 7.88. The van der Waals surface area contributed by atoms with Crippen LogP contribution in [0.15, 0.2) is 83.3 Å². The van der Waals surface area contributed by atoms with Crippen LogP contribution in [-0.2, 0) is 4.79 Å². The monoisotopic (exact) mass is 566 g/mol. The number of furan rings is 1. The summed E-state index contributed by atoms with van der Waals surface area (Å²) in [6.07, 6.45) is 2.85. The quantitative estimate of drug-likeness (QED) is 0.148. The number of carbonyl (C=O) groups excluding carboxylic acids is 1. The van der Waals surface area contributed by atoms with Gasteiger partial charge in [-0.25, -0.2) is 4.98 Å². The van der Waals surface area contributed by atoms with Crippen LogP contribution in [0.1, 0.15) is 5.76 Å². The molecular formula is C27H17Cl3N4O2S. The number of anilines is 1. The lowest BCUT2D eigenvalue weighted by Crippen LogP contribution is -2.32. The number of fused-ring (bicyclic) bond motifs is 1. The number of carbonyl (C=O) groups is 1. The van der Waals surface area contributed by atoms with Gasteiger partial charge in [-0.05, 0) is 72.9 Å². The second kappa shape index (κ2) is 10.8. The number of nitrogens with one attached hydrogen (secondary N) is 3. The Bertz CT molecular complexity index is 1640. The number of amides is 1. The van der Waals surface area contributed by atoms with Crippen LogP contribution in [-0.4, -0.2) is 21.0 Å². The molecule has 1 amide bonds. The van der Waals surface area contributed by atoms with Gasteiger partial charge in [-0.15, -0.1) is 0 Å². The van der Waals surface area contributed by atoms with Crippen molar-refractivity contribution in [3.05, 3.63) is 99.7 Å². The number of hydrogen-bond acceptors (Lipinski definition) is 4. The zero-order valence-electron chi connectivity index (χ0n) is 18.9. The minimum absolute atomic E-state index is 0.123. The van der Waals surface area contributed by atoms with Crippen molar-refractivity contribution < 1.29 is 9.21 Å². The normalized spacial score (nSPS) is 11.2. The van der Waals surface area contributed by atoms with E-state index in [0.717, 1.165) is 11.0 Å². The number of benzene rings is 3. The molecule has 0 fully saturated rings. The van der Waals surface area contributed by atoms with Gasteiger partial charge in [0.15, 0.2) is 5.11 Å². The number of imidazole rings is 1. The second-order valence-corrected chi connectivity index (χ2v) is 9.48. The largest absolute Gasteiger partial charge is 0.457 e. The average Bonchev–Trinajstić information content (AvgIpc) is 3.53. The smallest absolute Gasteiger partial charge is 0.250 e. The van der Waals surface area contributed by atoms with E-state index < -0.39 is 5.91 Å². The van der Waals surface area contributed by atoms with Gasteiger partial charge in [0.25, 0.3) is 0 Å². The molecule has 0 atom stereocenters. The zero-order valence-corrected chi connectivity index (χ0v) is 22.0. The van der Waals surface area contributed by atoms with Crippen LogP contribution in [0, 0.1) is 0 Å². The fraction of sp³-hybridized carbons (Fsp3) is 0. The predicted octanol–water partition coefficient (Wildman–Crippen LogP) is 7.98. The summed E-state index contributed by atoms with van der Waals surface area (Å²) in [6.45, 7) is 0. The third-order valence-corrected chi connectivity index (χ3v) is 6.70. The van der Waals surface area contributed by atoms with E-state index in [4.69, 9.17) is 51.4 Å². The number of nitrogens with zero attached hydrogens (tertiary/aromatic N) is 1. The molecule has 5 aromatic rings. The maximum absolute atomic E-state index is 12.4. The Morgan fingerprint density at radius 1 is 0.946 bits per heavy atom. The van der Waals surface area contributed by atoms with Crippen molar-refractivity contribution in [1.82, 2.24) is 15.3 Å². The highest BCUT2D eigenvalue weighted by Crippen LogP contribution is 2.34. The number of H-pyrrole nitrogens is 1. The first-order valence-corrected chi connectivity index (χ1v) is 12.5. The van der Waals surface area contributed by atoms with E-state index in [1.165, 1.54) is 12.2 Å². The standard InChI is InChI=1S/C27H17Cl3N4O2S/c28-19-11-8-15(14-18(19)26-32-21-6-1-2-7-22(21)33-26)31-27(37)34-24(35)13-10-16-9-12-23(36-16)17-4-3-5-20(29)25(17)30/h1-14H,(H,32,33)(H2,31,34,35,37). The van der Waals surface area contributed by atoms with Crippen molar-refractivity contribution in [2.45, 2.75) is 0 Å². The molecular weight excluding hydrogens is 551 g/mol. The van der Waals surface area contributed by atoms with E-state index in [1.807, 2.05) is 24.3 Å². The molecule has 2 aromatic heterocycles. The van der Waals surface area contributed by atoms with Crippen LogP contribution in [0.25, 0.3) is 39.8 Å². The van der Waals surface area contributed by atoms with Crippen LogP contribution in [0.4, 0.5) is 5.69 Å². The number of aromatic amines is 1. The molecule has 0 unspecified atom stereocenters. The van der Waals surface area contributed by atoms with Crippen LogP contribution >= 0.6 is 47.0 Å². The Labute approximate surface area is 232 Å². The third kappa shape index (κ3) is 5.70. The van der Waals surface area contributed by atoms with Crippen molar-refractivity contribution in [3.8, 4) is 22.7 Å². The summed E-state index contributed by atoms with van der Waals surface area (Å²) in [5.74, 6) is 1.20. The van der Waals surface area contributed by atoms with E-state index in [0.29, 0.717) is 49.2 Å². The van der Waals surface area contributed by atoms with E-state index >= 15 is 0 Å². The van der Waals surface area contributed by atoms with Gasteiger partial charge in [-0.2, -0.15) is 0 Å². The Hall–Kier alpha value is -3.62. The lowest BCUT2D eigenvalue weighted by Gasteiger charge is -2.10. The number of thiocarbonyl (C=S) groups is 1. The molecule has 0 radical (unpaired) electrons. The first kappa shape index (κ1) is 25.0. The Morgan fingerprint density at radius 2 is 1.78 bits per heavy atom. The molecule has 0 saturated carbocycles. The summed E-state index contributed by atoms with van der Waals surface area (Å²) in [7, 11) is 0. The maximum atomic E-state index is 12.4. The average molecular weight is 568 g/mol. The number of hydrogen-bond donors (Lipinski definition) is 3. The van der Waals surface area contributed by atoms with Crippen LogP contribution in [0.3, 0.4) is 0 Å². The number of para-hydroxylation sites is 2. The molecule has 184 valence electrons. The highest BCUT2D eigenvalue weighted by Gasteiger charge is 2.12. The summed E-state index contributed by atoms with van der Waals surface area (Å²) in [4.78, 5) is 20.2. The fourth-order valence-corrected chi connectivity index (χ4v) is 4.44. The Balaban J connectivity index is 1.23. The van der Waals surface area contributed by atoms with Gasteiger partial charge in [-0.1, -0.05) is 53.0 Å². The molecule has 5 rings (SSSR count). The molecule has 2 heterocycles. The van der Waals surface area contributed by atoms with Gasteiger partial charge in [0.05, 0.1) is 26.1 Å². The molecule has 0 saturated heterocycles. The number of rotatable bonds is 5. The molecule has 0 aliphatic carbocycles. The van der Waals surface area contributed by atoms with Crippen molar-refractivity contribution >= 4 is 80.8 Å². The van der Waals surface area contributed by atoms with Gasteiger partial charge >= 0.3 is 0 Å². The van der Waals surface area contributed by atoms with Gasteiger partial charge < -0.3 is 14.7 Å². The van der Waals surface area contributed by atoms with Crippen LogP contribution < -0.4 is 10.6 Å². The first-order valence-electron chi connectivity index (χ1n) is 11.0. The van der Waals surface area contributed by atoms with Crippen molar-refractivity contribution in [1.29, 1.82) is 0 Å². The van der Waals surface area contributed by atoms with Crippen LogP contribution in [0.5, 0.6) is 0 Å². The van der Waals surface area contributed by atoms with E-state index in [1.54, 1.807) is 48.5 Å². The van der Waals surface area contributed by atoms with E-state index in [-0.39, 0.29) is 5.11 Å². The minimum atomic E-state index is -0.428. The molecule has 0 aliphatic rings. The third-order valence-electron chi connectivity index (χ3n) is 5.35. The molecule has 3 N–H and O–H groups in total. The van der Waals surface area contributed by atoms with Crippen molar-refractivity contribution in [2.75, 3.05) is 5.32 Å². The SMILES string of the molecule is O=C(C=Cc1ccc(-c2cccc(Cl)c2Cl)o1)NC(=S)Nc1ccc(Cl)c(-c2nc3ccccc3[nH]2)c1. The summed E-state index contributed by atoms with van der Waals surface area (Å²) in [5, 5.41) is 7.08. The topological polar surface area (TPSA) is 82.9 Å². The van der Waals surface area contributed by atoms with Gasteiger partial charge in [-0.3, -0.25) is 10.1 Å². The Morgan fingerprint density at radius 3 is 2.62 bits per heavy atom. The first-order chi connectivity index (χ1) is 17.9. The summed E-state index contributed by atoms with van der Waals surface area (Å²) in [5.41, 5.74) is 3.74. The van der Waals surface area contributed by atoms with E-state index in [2.05, 4.69) is 20.6 Å². The lowest BCUT2D eigenvalue weighted by atomic mass is 10.2. The van der Waals surface area contributed by atoms with Crippen molar-refractivity contribution in [3.63, 3.8) is 0 Å². The molecule has 3 aromatic carbocycles. The number of halogens is 3.